The van der Waals surface area contributed by atoms with Crippen LogP contribution in [0.3, 0.4) is 0 Å². The first kappa shape index (κ1) is 15.6. The molecular formula is C12H14BrFN2O3. The van der Waals surface area contributed by atoms with Crippen molar-refractivity contribution < 1.29 is 14.1 Å². The SMILES string of the molecule is CCC(C)(CBr)NC(=O)c1cc(F)cc([N+](=O)[O-])c1. The first-order valence-electron chi connectivity index (χ1n) is 5.65. The molecule has 1 aromatic rings. The lowest BCUT2D eigenvalue weighted by Crippen LogP contribution is -2.46. The summed E-state index contributed by atoms with van der Waals surface area (Å²) in [5.74, 6) is -1.34. The monoisotopic (exact) mass is 332 g/mol. The predicted molar refractivity (Wildman–Crippen MR) is 73.0 cm³/mol. The summed E-state index contributed by atoms with van der Waals surface area (Å²) < 4.78 is 13.3. The largest absolute Gasteiger partial charge is 0.346 e. The van der Waals surface area contributed by atoms with Crippen LogP contribution in [0.4, 0.5) is 10.1 Å². The number of halogens is 2. The van der Waals surface area contributed by atoms with E-state index in [-0.39, 0.29) is 5.56 Å². The number of nitro benzene ring substituents is 1. The fourth-order valence-electron chi connectivity index (χ4n) is 1.37. The minimum atomic E-state index is -0.809. The molecule has 0 heterocycles. The number of nitrogens with zero attached hydrogens (tertiary/aromatic N) is 1. The van der Waals surface area contributed by atoms with Crippen molar-refractivity contribution in [2.45, 2.75) is 25.8 Å². The number of nitro groups is 1. The molecule has 1 rings (SSSR count). The summed E-state index contributed by atoms with van der Waals surface area (Å²) in [4.78, 5) is 21.9. The van der Waals surface area contributed by atoms with Crippen LogP contribution in [0.1, 0.15) is 30.6 Å². The minimum Gasteiger partial charge on any atom is -0.346 e. The second kappa shape index (κ2) is 6.10. The lowest BCUT2D eigenvalue weighted by molar-refractivity contribution is -0.385. The zero-order valence-electron chi connectivity index (χ0n) is 10.6. The quantitative estimate of drug-likeness (QED) is 0.511. The molecule has 19 heavy (non-hydrogen) atoms. The van der Waals surface area contributed by atoms with E-state index in [1.807, 2.05) is 13.8 Å². The number of amides is 1. The van der Waals surface area contributed by atoms with E-state index < -0.39 is 27.9 Å². The topological polar surface area (TPSA) is 72.2 Å². The second-order valence-electron chi connectivity index (χ2n) is 4.46. The highest BCUT2D eigenvalue weighted by atomic mass is 79.9. The Bertz CT molecular complexity index is 504. The van der Waals surface area contributed by atoms with Crippen molar-refractivity contribution in [1.82, 2.24) is 5.32 Å². The van der Waals surface area contributed by atoms with Crippen molar-refractivity contribution in [3.8, 4) is 0 Å². The Morgan fingerprint density at radius 2 is 2.16 bits per heavy atom. The summed E-state index contributed by atoms with van der Waals surface area (Å²) in [6.45, 7) is 3.73. The van der Waals surface area contributed by atoms with Crippen LogP contribution in [-0.4, -0.2) is 21.7 Å². The summed E-state index contributed by atoms with van der Waals surface area (Å²) >= 11 is 3.29. The van der Waals surface area contributed by atoms with Crippen molar-refractivity contribution in [2.24, 2.45) is 0 Å². The number of hydrogen-bond acceptors (Lipinski definition) is 3. The van der Waals surface area contributed by atoms with E-state index >= 15 is 0 Å². The van der Waals surface area contributed by atoms with E-state index in [2.05, 4.69) is 21.2 Å². The number of non-ortho nitro benzene ring substituents is 1. The average Bonchev–Trinajstić information content (AvgIpc) is 2.37. The van der Waals surface area contributed by atoms with Crippen LogP contribution in [0.2, 0.25) is 0 Å². The molecule has 104 valence electrons. The van der Waals surface area contributed by atoms with Gasteiger partial charge in [-0.25, -0.2) is 4.39 Å². The van der Waals surface area contributed by atoms with Gasteiger partial charge in [0.05, 0.1) is 11.0 Å². The van der Waals surface area contributed by atoms with Gasteiger partial charge in [-0.15, -0.1) is 0 Å². The first-order valence-corrected chi connectivity index (χ1v) is 6.77. The van der Waals surface area contributed by atoms with E-state index in [1.54, 1.807) is 0 Å². The van der Waals surface area contributed by atoms with Crippen molar-refractivity contribution in [3.63, 3.8) is 0 Å². The molecule has 0 spiro atoms. The van der Waals surface area contributed by atoms with Crippen LogP contribution >= 0.6 is 15.9 Å². The van der Waals surface area contributed by atoms with Crippen LogP contribution in [-0.2, 0) is 0 Å². The fraction of sp³-hybridized carbons (Fsp3) is 0.417. The average molecular weight is 333 g/mol. The van der Waals surface area contributed by atoms with Crippen LogP contribution in [0.5, 0.6) is 0 Å². The van der Waals surface area contributed by atoms with E-state index in [0.29, 0.717) is 11.8 Å². The Kier molecular flexibility index (Phi) is 4.99. The standard InChI is InChI=1S/C12H14BrFN2O3/c1-3-12(2,7-13)15-11(17)8-4-9(14)6-10(5-8)16(18)19/h4-6H,3,7H2,1-2H3,(H,15,17). The number of alkyl halides is 1. The fourth-order valence-corrected chi connectivity index (χ4v) is 1.91. The lowest BCUT2D eigenvalue weighted by atomic mass is 10.0. The summed E-state index contributed by atoms with van der Waals surface area (Å²) in [6.07, 6.45) is 0.668. The molecule has 0 aliphatic heterocycles. The molecule has 1 unspecified atom stereocenters. The maximum atomic E-state index is 13.3. The number of rotatable bonds is 5. The number of hydrogen-bond donors (Lipinski definition) is 1. The van der Waals surface area contributed by atoms with E-state index in [9.17, 15) is 19.3 Å². The van der Waals surface area contributed by atoms with Crippen molar-refractivity contribution in [3.05, 3.63) is 39.7 Å². The van der Waals surface area contributed by atoms with E-state index in [4.69, 9.17) is 0 Å². The number of carbonyl (C=O) groups is 1. The molecule has 0 saturated heterocycles. The van der Waals surface area contributed by atoms with Gasteiger partial charge in [-0.2, -0.15) is 0 Å². The molecule has 1 N–H and O–H groups in total. The molecule has 0 bridgehead atoms. The van der Waals surface area contributed by atoms with Crippen molar-refractivity contribution >= 4 is 27.5 Å². The summed E-state index contributed by atoms with van der Waals surface area (Å²) in [7, 11) is 0. The summed E-state index contributed by atoms with van der Waals surface area (Å²) in [5.41, 5.74) is -0.993. The normalized spacial score (nSPS) is 13.7. The molecule has 7 heteroatoms. The highest BCUT2D eigenvalue weighted by Crippen LogP contribution is 2.18. The number of nitrogens with one attached hydrogen (secondary N) is 1. The molecule has 0 saturated carbocycles. The smallest absolute Gasteiger partial charge is 0.273 e. The Labute approximate surface area is 118 Å². The van der Waals surface area contributed by atoms with E-state index in [0.717, 1.165) is 18.2 Å². The third-order valence-corrected chi connectivity index (χ3v) is 4.08. The van der Waals surface area contributed by atoms with Crippen LogP contribution in [0.15, 0.2) is 18.2 Å². The van der Waals surface area contributed by atoms with Crippen LogP contribution in [0.25, 0.3) is 0 Å². The van der Waals surface area contributed by atoms with Gasteiger partial charge in [0, 0.05) is 22.5 Å². The Balaban J connectivity index is 3.03. The van der Waals surface area contributed by atoms with Crippen molar-refractivity contribution in [2.75, 3.05) is 5.33 Å². The molecule has 0 aliphatic carbocycles. The molecule has 0 aliphatic rings. The maximum Gasteiger partial charge on any atom is 0.273 e. The number of benzene rings is 1. The van der Waals surface area contributed by atoms with Gasteiger partial charge in [0.15, 0.2) is 0 Å². The second-order valence-corrected chi connectivity index (χ2v) is 5.02. The Hall–Kier alpha value is -1.50. The van der Waals surface area contributed by atoms with Crippen LogP contribution < -0.4 is 5.32 Å². The molecule has 1 atom stereocenters. The molecule has 0 fully saturated rings. The lowest BCUT2D eigenvalue weighted by Gasteiger charge is -2.27. The highest BCUT2D eigenvalue weighted by molar-refractivity contribution is 9.09. The molecule has 1 aromatic carbocycles. The third kappa shape index (κ3) is 3.99. The molecule has 1 amide bonds. The third-order valence-electron chi connectivity index (χ3n) is 2.85. The van der Waals surface area contributed by atoms with Gasteiger partial charge >= 0.3 is 0 Å². The Morgan fingerprint density at radius 1 is 1.53 bits per heavy atom. The van der Waals surface area contributed by atoms with E-state index in [1.165, 1.54) is 0 Å². The minimum absolute atomic E-state index is 0.0627. The zero-order chi connectivity index (χ0) is 14.6. The summed E-state index contributed by atoms with van der Waals surface area (Å²) in [5, 5.41) is 13.9. The van der Waals surface area contributed by atoms with Gasteiger partial charge in [-0.1, -0.05) is 22.9 Å². The zero-order valence-corrected chi connectivity index (χ0v) is 12.2. The van der Waals surface area contributed by atoms with Gasteiger partial charge in [-0.05, 0) is 19.4 Å². The predicted octanol–water partition coefficient (Wildman–Crippen LogP) is 3.03. The Morgan fingerprint density at radius 3 is 2.63 bits per heavy atom. The van der Waals surface area contributed by atoms with Crippen LogP contribution in [0, 0.1) is 15.9 Å². The first-order chi connectivity index (χ1) is 8.81. The van der Waals surface area contributed by atoms with Gasteiger partial charge in [0.25, 0.3) is 11.6 Å². The van der Waals surface area contributed by atoms with Crippen molar-refractivity contribution in [1.29, 1.82) is 0 Å². The van der Waals surface area contributed by atoms with Gasteiger partial charge in [-0.3, -0.25) is 14.9 Å². The number of carbonyl (C=O) groups excluding carboxylic acids is 1. The molecule has 0 radical (unpaired) electrons. The molecule has 0 aromatic heterocycles. The maximum absolute atomic E-state index is 13.3. The molecule has 5 nitrogen and oxygen atoms in total. The van der Waals surface area contributed by atoms with Gasteiger partial charge in [0.2, 0.25) is 0 Å². The summed E-state index contributed by atoms with van der Waals surface area (Å²) in [6, 6.07) is 2.82. The van der Waals surface area contributed by atoms with Gasteiger partial charge < -0.3 is 5.32 Å². The molecular weight excluding hydrogens is 319 g/mol. The highest BCUT2D eigenvalue weighted by Gasteiger charge is 2.24. The van der Waals surface area contributed by atoms with Gasteiger partial charge in [0.1, 0.15) is 5.82 Å².